The van der Waals surface area contributed by atoms with Gasteiger partial charge in [-0.05, 0) is 55.9 Å². The third kappa shape index (κ3) is 4.35. The molecule has 1 aliphatic heterocycles. The predicted octanol–water partition coefficient (Wildman–Crippen LogP) is 2.26. The lowest BCUT2D eigenvalue weighted by Gasteiger charge is -2.34. The van der Waals surface area contributed by atoms with E-state index in [0.29, 0.717) is 31.7 Å². The number of nitrogens with zero attached hydrogens (tertiary/aromatic N) is 5. The Bertz CT molecular complexity index is 1390. The van der Waals surface area contributed by atoms with E-state index in [0.717, 1.165) is 79.9 Å². The molecule has 0 amide bonds. The van der Waals surface area contributed by atoms with Gasteiger partial charge in [0.05, 0.1) is 42.5 Å². The highest BCUT2D eigenvalue weighted by Gasteiger charge is 2.27. The van der Waals surface area contributed by atoms with Crippen LogP contribution in [0.1, 0.15) is 48.7 Å². The SMILES string of the molecule is COCC1CN(c2ccc3c(=O)n(CCn4nc5c(cc4=O)CCC5)c(C4CCC4)nc3c2)CCO1. The van der Waals surface area contributed by atoms with Crippen LogP contribution < -0.4 is 16.0 Å². The Morgan fingerprint density at radius 1 is 1.11 bits per heavy atom. The molecule has 2 aliphatic carbocycles. The fourth-order valence-electron chi connectivity index (χ4n) is 5.65. The lowest BCUT2D eigenvalue weighted by Crippen LogP contribution is -2.44. The minimum Gasteiger partial charge on any atom is -0.382 e. The van der Waals surface area contributed by atoms with Crippen LogP contribution in [-0.4, -0.2) is 58.8 Å². The van der Waals surface area contributed by atoms with Gasteiger partial charge in [-0.2, -0.15) is 5.10 Å². The van der Waals surface area contributed by atoms with Crippen LogP contribution >= 0.6 is 0 Å². The summed E-state index contributed by atoms with van der Waals surface area (Å²) in [5.74, 6) is 1.12. The normalized spacial score (nSPS) is 20.0. The summed E-state index contributed by atoms with van der Waals surface area (Å²) in [7, 11) is 1.69. The molecule has 3 aromatic rings. The molecule has 3 aliphatic rings. The van der Waals surface area contributed by atoms with Gasteiger partial charge in [0.2, 0.25) is 0 Å². The Morgan fingerprint density at radius 2 is 2.00 bits per heavy atom. The summed E-state index contributed by atoms with van der Waals surface area (Å²) >= 11 is 0. The Hall–Kier alpha value is -3.04. The molecule has 3 heterocycles. The first-order valence-corrected chi connectivity index (χ1v) is 13.1. The molecule has 1 unspecified atom stereocenters. The highest BCUT2D eigenvalue weighted by molar-refractivity contribution is 5.81. The average molecular weight is 492 g/mol. The summed E-state index contributed by atoms with van der Waals surface area (Å²) < 4.78 is 14.4. The summed E-state index contributed by atoms with van der Waals surface area (Å²) in [5.41, 5.74) is 3.73. The lowest BCUT2D eigenvalue weighted by atomic mass is 9.84. The van der Waals surface area contributed by atoms with E-state index in [2.05, 4.69) is 10.00 Å². The van der Waals surface area contributed by atoms with Gasteiger partial charge < -0.3 is 14.4 Å². The molecule has 9 heteroatoms. The van der Waals surface area contributed by atoms with Crippen molar-refractivity contribution in [1.29, 1.82) is 0 Å². The van der Waals surface area contributed by atoms with Gasteiger partial charge in [-0.3, -0.25) is 14.2 Å². The first kappa shape index (κ1) is 23.4. The number of hydrogen-bond acceptors (Lipinski definition) is 7. The van der Waals surface area contributed by atoms with Gasteiger partial charge >= 0.3 is 0 Å². The van der Waals surface area contributed by atoms with Gasteiger partial charge in [0.1, 0.15) is 5.82 Å². The molecule has 0 spiro atoms. The van der Waals surface area contributed by atoms with Crippen LogP contribution in [0.4, 0.5) is 5.69 Å². The molecule has 2 aromatic heterocycles. The molecule has 190 valence electrons. The molecular weight excluding hydrogens is 458 g/mol. The minimum absolute atomic E-state index is 0.0298. The molecule has 9 nitrogen and oxygen atoms in total. The van der Waals surface area contributed by atoms with Crippen LogP contribution in [0.2, 0.25) is 0 Å². The number of rotatable bonds is 7. The van der Waals surface area contributed by atoms with E-state index in [-0.39, 0.29) is 23.1 Å². The number of anilines is 1. The lowest BCUT2D eigenvalue weighted by molar-refractivity contribution is -0.0100. The van der Waals surface area contributed by atoms with Crippen molar-refractivity contribution in [2.75, 3.05) is 38.3 Å². The van der Waals surface area contributed by atoms with Crippen molar-refractivity contribution in [2.45, 2.75) is 63.6 Å². The van der Waals surface area contributed by atoms with Crippen LogP contribution in [0, 0.1) is 0 Å². The van der Waals surface area contributed by atoms with Crippen LogP contribution in [0.15, 0.2) is 33.9 Å². The van der Waals surface area contributed by atoms with E-state index in [4.69, 9.17) is 14.5 Å². The monoisotopic (exact) mass is 491 g/mol. The molecule has 0 N–H and O–H groups in total. The second-order valence-corrected chi connectivity index (χ2v) is 10.2. The zero-order valence-electron chi connectivity index (χ0n) is 20.8. The molecule has 1 saturated heterocycles. The second-order valence-electron chi connectivity index (χ2n) is 10.2. The smallest absolute Gasteiger partial charge is 0.267 e. The number of morpholine rings is 1. The first-order chi connectivity index (χ1) is 17.6. The Kier molecular flexibility index (Phi) is 6.35. The largest absolute Gasteiger partial charge is 0.382 e. The van der Waals surface area contributed by atoms with Crippen LogP contribution in [0.3, 0.4) is 0 Å². The topological polar surface area (TPSA) is 91.5 Å². The highest BCUT2D eigenvalue weighted by atomic mass is 16.5. The molecule has 1 aromatic carbocycles. The van der Waals surface area contributed by atoms with Gasteiger partial charge in [0, 0.05) is 44.4 Å². The standard InChI is InChI=1S/C27H33N5O4/c1-35-17-21-16-30(12-13-36-21)20-8-9-22-24(15-20)28-26(18-4-2-5-18)31(27(22)34)10-11-32-25(33)14-19-6-3-7-23(19)29-32/h8-9,14-15,18,21H,2-7,10-13,16-17H2,1H3. The molecular formula is C27H33N5O4. The van der Waals surface area contributed by atoms with Crippen LogP contribution in [0.5, 0.6) is 0 Å². The zero-order chi connectivity index (χ0) is 24.6. The summed E-state index contributed by atoms with van der Waals surface area (Å²) in [6.45, 7) is 3.50. The predicted molar refractivity (Wildman–Crippen MR) is 137 cm³/mol. The van der Waals surface area contributed by atoms with Crippen molar-refractivity contribution >= 4 is 16.6 Å². The number of methoxy groups -OCH3 is 1. The van der Waals surface area contributed by atoms with Gasteiger partial charge in [-0.25, -0.2) is 9.67 Å². The van der Waals surface area contributed by atoms with Crippen molar-refractivity contribution < 1.29 is 9.47 Å². The van der Waals surface area contributed by atoms with E-state index < -0.39 is 0 Å². The number of hydrogen-bond donors (Lipinski definition) is 0. The third-order valence-electron chi connectivity index (χ3n) is 7.85. The fraction of sp³-hybridized carbons (Fsp3) is 0.556. The molecule has 1 saturated carbocycles. The number of aromatic nitrogens is 4. The summed E-state index contributed by atoms with van der Waals surface area (Å²) in [4.78, 5) is 33.6. The maximum atomic E-state index is 13.7. The van der Waals surface area contributed by atoms with Gasteiger partial charge in [-0.15, -0.1) is 0 Å². The van der Waals surface area contributed by atoms with Crippen LogP contribution in [-0.2, 0) is 35.4 Å². The van der Waals surface area contributed by atoms with Crippen molar-refractivity contribution in [1.82, 2.24) is 19.3 Å². The van der Waals surface area contributed by atoms with Gasteiger partial charge in [0.15, 0.2) is 0 Å². The maximum absolute atomic E-state index is 13.7. The van der Waals surface area contributed by atoms with Crippen molar-refractivity contribution in [3.05, 3.63) is 62.1 Å². The van der Waals surface area contributed by atoms with Crippen molar-refractivity contribution in [3.63, 3.8) is 0 Å². The third-order valence-corrected chi connectivity index (χ3v) is 7.85. The molecule has 0 bridgehead atoms. The van der Waals surface area contributed by atoms with Crippen LogP contribution in [0.25, 0.3) is 10.9 Å². The van der Waals surface area contributed by atoms with E-state index in [1.807, 2.05) is 18.2 Å². The quantitative estimate of drug-likeness (QED) is 0.501. The van der Waals surface area contributed by atoms with Gasteiger partial charge in [-0.1, -0.05) is 6.42 Å². The zero-order valence-corrected chi connectivity index (χ0v) is 20.8. The Labute approximate surface area is 209 Å². The van der Waals surface area contributed by atoms with Crippen molar-refractivity contribution in [3.8, 4) is 0 Å². The van der Waals surface area contributed by atoms with E-state index in [1.165, 1.54) is 4.68 Å². The molecule has 0 radical (unpaired) electrons. The fourth-order valence-corrected chi connectivity index (χ4v) is 5.65. The van der Waals surface area contributed by atoms with E-state index >= 15 is 0 Å². The van der Waals surface area contributed by atoms with Gasteiger partial charge in [0.25, 0.3) is 11.1 Å². The minimum atomic E-state index is -0.0930. The molecule has 36 heavy (non-hydrogen) atoms. The molecule has 6 rings (SSSR count). The summed E-state index contributed by atoms with van der Waals surface area (Å²) in [6, 6.07) is 7.64. The average Bonchev–Trinajstić information content (AvgIpc) is 3.30. The summed E-state index contributed by atoms with van der Waals surface area (Å²) in [5, 5.41) is 5.20. The van der Waals surface area contributed by atoms with E-state index in [9.17, 15) is 9.59 Å². The molecule has 2 fully saturated rings. The first-order valence-electron chi connectivity index (χ1n) is 13.1. The maximum Gasteiger partial charge on any atom is 0.267 e. The summed E-state index contributed by atoms with van der Waals surface area (Å²) in [6.07, 6.45) is 6.15. The van der Waals surface area contributed by atoms with E-state index in [1.54, 1.807) is 17.7 Å². The number of fused-ring (bicyclic) bond motifs is 2. The molecule has 1 atom stereocenters. The van der Waals surface area contributed by atoms with Crippen molar-refractivity contribution in [2.24, 2.45) is 0 Å². The number of ether oxygens (including phenoxy) is 2. The number of aryl methyl sites for hydroxylation is 3. The highest BCUT2D eigenvalue weighted by Crippen LogP contribution is 2.35. The number of benzene rings is 1. The Morgan fingerprint density at radius 3 is 2.81 bits per heavy atom. The second kappa shape index (κ2) is 9.78. The Balaban J connectivity index is 1.32.